The molecule has 0 heterocycles. The Bertz CT molecular complexity index is 1800. The highest BCUT2D eigenvalue weighted by atomic mass is 16.5. The summed E-state index contributed by atoms with van der Waals surface area (Å²) < 4.78 is 24.0. The quantitative estimate of drug-likeness (QED) is 0.0307. The van der Waals surface area contributed by atoms with E-state index in [1.165, 1.54) is 77.0 Å². The average molecular weight is 819 g/mol. The van der Waals surface area contributed by atoms with E-state index >= 15 is 0 Å². The zero-order valence-corrected chi connectivity index (χ0v) is 36.4. The fourth-order valence-corrected chi connectivity index (χ4v) is 7.07. The highest BCUT2D eigenvalue weighted by Gasteiger charge is 2.16. The van der Waals surface area contributed by atoms with Crippen molar-refractivity contribution in [2.45, 2.75) is 162 Å². The number of benzene rings is 4. The zero-order valence-electron chi connectivity index (χ0n) is 36.4. The molecule has 0 aliphatic rings. The lowest BCUT2D eigenvalue weighted by molar-refractivity contribution is -0.135. The molecule has 7 nitrogen and oxygen atoms in total. The van der Waals surface area contributed by atoms with Gasteiger partial charge in [-0.3, -0.25) is 9.59 Å². The van der Waals surface area contributed by atoms with E-state index < -0.39 is 6.10 Å². The van der Waals surface area contributed by atoms with Gasteiger partial charge in [-0.15, -0.1) is 0 Å². The Morgan fingerprint density at radius 1 is 0.517 bits per heavy atom. The highest BCUT2D eigenvalue weighted by molar-refractivity contribution is 5.75. The Kier molecular flexibility index (Phi) is 23.4. The van der Waals surface area contributed by atoms with Gasteiger partial charge >= 0.3 is 11.9 Å². The monoisotopic (exact) mass is 819 g/mol. The van der Waals surface area contributed by atoms with Crippen molar-refractivity contribution in [3.05, 3.63) is 125 Å². The van der Waals surface area contributed by atoms with Crippen molar-refractivity contribution < 1.29 is 33.6 Å². The normalized spacial score (nSPS) is 11.7. The molecule has 4 aromatic carbocycles. The molecule has 0 bridgehead atoms. The Morgan fingerprint density at radius 3 is 1.53 bits per heavy atom. The maximum absolute atomic E-state index is 13.1. The summed E-state index contributed by atoms with van der Waals surface area (Å²) in [6, 6.07) is 30.1. The van der Waals surface area contributed by atoms with Crippen molar-refractivity contribution in [3.63, 3.8) is 0 Å². The molecule has 4 rings (SSSR count). The zero-order chi connectivity index (χ0) is 42.5. The third-order valence-electron chi connectivity index (χ3n) is 10.7. The van der Waals surface area contributed by atoms with E-state index in [0.29, 0.717) is 53.6 Å². The van der Waals surface area contributed by atoms with Crippen LogP contribution in [0.4, 0.5) is 0 Å². The highest BCUT2D eigenvalue weighted by Crippen LogP contribution is 2.34. The minimum Gasteiger partial charge on any atom is -0.489 e. The van der Waals surface area contributed by atoms with E-state index in [4.69, 9.17) is 18.9 Å². The summed E-state index contributed by atoms with van der Waals surface area (Å²) in [6.07, 6.45) is 24.0. The molecule has 0 aliphatic heterocycles. The van der Waals surface area contributed by atoms with E-state index in [9.17, 15) is 14.7 Å². The van der Waals surface area contributed by atoms with E-state index in [2.05, 4.69) is 13.8 Å². The summed E-state index contributed by atoms with van der Waals surface area (Å²) >= 11 is 0. The van der Waals surface area contributed by atoms with Crippen LogP contribution in [0.1, 0.15) is 171 Å². The van der Waals surface area contributed by atoms with Crippen LogP contribution in [0.15, 0.2) is 103 Å². The number of aliphatic hydroxyl groups is 1. The van der Waals surface area contributed by atoms with Crippen LogP contribution in [0.2, 0.25) is 0 Å². The number of carbonyl (C=O) groups is 2. The van der Waals surface area contributed by atoms with Crippen molar-refractivity contribution in [3.8, 4) is 23.0 Å². The molecule has 0 aliphatic carbocycles. The van der Waals surface area contributed by atoms with Crippen LogP contribution >= 0.6 is 0 Å². The van der Waals surface area contributed by atoms with E-state index in [0.717, 1.165) is 49.7 Å². The van der Waals surface area contributed by atoms with Crippen LogP contribution in [0.5, 0.6) is 23.0 Å². The summed E-state index contributed by atoms with van der Waals surface area (Å²) in [5.74, 6) is 1.12. The van der Waals surface area contributed by atoms with Gasteiger partial charge in [-0.05, 0) is 48.2 Å². The largest absolute Gasteiger partial charge is 0.489 e. The third-order valence-corrected chi connectivity index (χ3v) is 10.7. The number of rotatable bonds is 31. The number of esters is 2. The minimum atomic E-state index is -1.08. The van der Waals surface area contributed by atoms with Crippen LogP contribution < -0.4 is 18.9 Å². The first-order chi connectivity index (χ1) is 29.4. The predicted molar refractivity (Wildman–Crippen MR) is 243 cm³/mol. The first-order valence-electron chi connectivity index (χ1n) is 22.8. The average Bonchev–Trinajstić information content (AvgIpc) is 3.26. The molecule has 4 aromatic rings. The lowest BCUT2D eigenvalue weighted by Gasteiger charge is -2.16. The van der Waals surface area contributed by atoms with Gasteiger partial charge in [0.15, 0.2) is 0 Å². The fourth-order valence-electron chi connectivity index (χ4n) is 7.07. The Labute approximate surface area is 360 Å². The molecule has 0 aromatic heterocycles. The summed E-state index contributed by atoms with van der Waals surface area (Å²) in [5, 5.41) is 11.6. The van der Waals surface area contributed by atoms with E-state index in [-0.39, 0.29) is 18.5 Å². The van der Waals surface area contributed by atoms with Gasteiger partial charge in [0.2, 0.25) is 0 Å². The summed E-state index contributed by atoms with van der Waals surface area (Å²) in [5.41, 5.74) is 3.12. The molecule has 1 unspecified atom stereocenters. The SMILES string of the molecule is CCCCCCCCCCCC(=O)Oc1ccc(C(O)C=Cc2ccc(OCc3ccccc3)cc2OC(=O)CCCCCCCCCCC)c(OCc2ccccc2)c1. The molecule has 0 saturated carbocycles. The van der Waals surface area contributed by atoms with Crippen molar-refractivity contribution >= 4 is 18.0 Å². The van der Waals surface area contributed by atoms with Gasteiger partial charge in [-0.1, -0.05) is 189 Å². The van der Waals surface area contributed by atoms with Crippen molar-refractivity contribution in [1.82, 2.24) is 0 Å². The Balaban J connectivity index is 1.42. The lowest BCUT2D eigenvalue weighted by atomic mass is 10.1. The molecule has 0 spiro atoms. The molecular formula is C53H70O7. The van der Waals surface area contributed by atoms with Crippen LogP contribution in [0.25, 0.3) is 6.08 Å². The smallest absolute Gasteiger partial charge is 0.311 e. The molecular weight excluding hydrogens is 749 g/mol. The van der Waals surface area contributed by atoms with Gasteiger partial charge in [0, 0.05) is 36.1 Å². The second-order valence-corrected chi connectivity index (χ2v) is 15.9. The molecule has 0 fully saturated rings. The molecule has 1 atom stereocenters. The molecule has 60 heavy (non-hydrogen) atoms. The van der Waals surface area contributed by atoms with Gasteiger partial charge in [-0.2, -0.15) is 0 Å². The molecule has 0 saturated heterocycles. The van der Waals surface area contributed by atoms with Crippen LogP contribution in [-0.2, 0) is 22.8 Å². The van der Waals surface area contributed by atoms with Crippen molar-refractivity contribution in [2.75, 3.05) is 0 Å². The second kappa shape index (κ2) is 29.4. The van der Waals surface area contributed by atoms with Gasteiger partial charge < -0.3 is 24.1 Å². The van der Waals surface area contributed by atoms with E-state index in [1.54, 1.807) is 36.4 Å². The molecule has 7 heteroatoms. The maximum atomic E-state index is 13.1. The predicted octanol–water partition coefficient (Wildman–Crippen LogP) is 14.2. The van der Waals surface area contributed by atoms with Gasteiger partial charge in [0.1, 0.15) is 42.3 Å². The van der Waals surface area contributed by atoms with Crippen molar-refractivity contribution in [1.29, 1.82) is 0 Å². The van der Waals surface area contributed by atoms with E-state index in [1.807, 2.05) is 72.8 Å². The number of hydrogen-bond acceptors (Lipinski definition) is 7. The number of carbonyl (C=O) groups excluding carboxylic acids is 2. The maximum Gasteiger partial charge on any atom is 0.311 e. The fraction of sp³-hybridized carbons (Fsp3) is 0.472. The van der Waals surface area contributed by atoms with Crippen LogP contribution in [-0.4, -0.2) is 17.0 Å². The molecule has 0 radical (unpaired) electrons. The summed E-state index contributed by atoms with van der Waals surface area (Å²) in [7, 11) is 0. The second-order valence-electron chi connectivity index (χ2n) is 15.9. The molecule has 324 valence electrons. The number of unbranched alkanes of at least 4 members (excludes halogenated alkanes) is 16. The summed E-state index contributed by atoms with van der Waals surface area (Å²) in [6.45, 7) is 5.10. The molecule has 0 amide bonds. The van der Waals surface area contributed by atoms with Gasteiger partial charge in [-0.25, -0.2) is 0 Å². The van der Waals surface area contributed by atoms with Crippen molar-refractivity contribution in [2.24, 2.45) is 0 Å². The van der Waals surface area contributed by atoms with Gasteiger partial charge in [0.25, 0.3) is 0 Å². The lowest BCUT2D eigenvalue weighted by Crippen LogP contribution is -2.09. The Morgan fingerprint density at radius 2 is 0.983 bits per heavy atom. The molecule has 1 N–H and O–H groups in total. The first-order valence-corrected chi connectivity index (χ1v) is 22.8. The first kappa shape index (κ1) is 47.8. The number of hydrogen-bond donors (Lipinski definition) is 1. The number of ether oxygens (including phenoxy) is 4. The summed E-state index contributed by atoms with van der Waals surface area (Å²) in [4.78, 5) is 25.9. The van der Waals surface area contributed by atoms with Gasteiger partial charge in [0.05, 0.1) is 0 Å². The Hall–Kier alpha value is -4.88. The topological polar surface area (TPSA) is 91.3 Å². The van der Waals surface area contributed by atoms with Crippen LogP contribution in [0, 0.1) is 0 Å². The minimum absolute atomic E-state index is 0.267. The van der Waals surface area contributed by atoms with Crippen LogP contribution in [0.3, 0.4) is 0 Å². The third kappa shape index (κ3) is 19.5. The standard InChI is InChI=1S/C53H70O7/c1-3-5-7-9-11-13-15-17-25-31-52(55)59-47-36-37-48(51(40-47)58-42-44-29-23-20-24-30-44)49(54)38-34-45-33-35-46(57-41-43-27-21-19-22-28-43)39-50(45)60-53(56)32-26-18-16-14-12-10-8-6-4-2/h19-24,27-30,33-40,49,54H,3-18,25-26,31-32,41-42H2,1-2H3. The number of aliphatic hydroxyl groups excluding tert-OH is 1.